The molecule has 1 aromatic carbocycles. The van der Waals surface area contributed by atoms with Crippen molar-refractivity contribution in [3.05, 3.63) is 32.3 Å². The number of rotatable bonds is 8. The molecule has 0 heterocycles. The van der Waals surface area contributed by atoms with Crippen molar-refractivity contribution < 1.29 is 14.8 Å². The lowest BCUT2D eigenvalue weighted by Gasteiger charge is -2.10. The predicted molar refractivity (Wildman–Crippen MR) is 77.7 cm³/mol. The van der Waals surface area contributed by atoms with Gasteiger partial charge in [-0.1, -0.05) is 29.6 Å². The molecule has 1 aromatic rings. The van der Waals surface area contributed by atoms with E-state index in [1.54, 1.807) is 0 Å². The number of nitrogens with zero attached hydrogens (tertiary/aromatic N) is 1. The minimum absolute atomic E-state index is 0.152. The number of carboxylic acid groups (broad SMARTS) is 1. The quantitative estimate of drug-likeness (QED) is 0.429. The smallest absolute Gasteiger partial charge is 0.303 e. The maximum absolute atomic E-state index is 10.6. The molecular weight excluding hydrogens is 307 g/mol. The van der Waals surface area contributed by atoms with E-state index in [9.17, 15) is 14.9 Å². The van der Waals surface area contributed by atoms with Gasteiger partial charge in [0.15, 0.2) is 0 Å². The highest BCUT2D eigenvalue weighted by Crippen LogP contribution is 2.34. The van der Waals surface area contributed by atoms with Gasteiger partial charge in [0.2, 0.25) is 0 Å². The first kappa shape index (κ1) is 16.5. The summed E-state index contributed by atoms with van der Waals surface area (Å²) in [5.41, 5.74) is 0.296. The lowest BCUT2D eigenvalue weighted by atomic mass is 10.2. The number of anilines is 1. The molecule has 2 N–H and O–H groups in total. The summed E-state index contributed by atoms with van der Waals surface area (Å²) in [7, 11) is 0. The molecule has 0 saturated carbocycles. The maximum atomic E-state index is 10.6. The fourth-order valence-corrected chi connectivity index (χ4v) is 2.23. The predicted octanol–water partition coefficient (Wildman–Crippen LogP) is 3.96. The third kappa shape index (κ3) is 5.22. The molecule has 0 aliphatic carbocycles. The van der Waals surface area contributed by atoms with Gasteiger partial charge in [-0.25, -0.2) is 0 Å². The molecule has 0 bridgehead atoms. The van der Waals surface area contributed by atoms with E-state index in [0.29, 0.717) is 18.7 Å². The molecule has 6 nitrogen and oxygen atoms in total. The zero-order valence-corrected chi connectivity index (χ0v) is 12.1. The molecule has 20 heavy (non-hydrogen) atoms. The monoisotopic (exact) mass is 320 g/mol. The Morgan fingerprint density at radius 2 is 1.85 bits per heavy atom. The molecule has 8 heteroatoms. The van der Waals surface area contributed by atoms with Gasteiger partial charge in [-0.3, -0.25) is 14.9 Å². The van der Waals surface area contributed by atoms with E-state index in [1.807, 2.05) is 0 Å². The van der Waals surface area contributed by atoms with Gasteiger partial charge in [0.05, 0.1) is 20.7 Å². The number of halogens is 2. The number of nitro benzene ring substituents is 1. The Morgan fingerprint density at radius 3 is 2.35 bits per heavy atom. The van der Waals surface area contributed by atoms with Gasteiger partial charge in [-0.2, -0.15) is 0 Å². The highest BCUT2D eigenvalue weighted by molar-refractivity contribution is 6.39. The molecule has 1 rings (SSSR count). The first-order chi connectivity index (χ1) is 9.41. The van der Waals surface area contributed by atoms with Crippen molar-refractivity contribution in [3.8, 4) is 0 Å². The van der Waals surface area contributed by atoms with Crippen LogP contribution < -0.4 is 5.32 Å². The summed E-state index contributed by atoms with van der Waals surface area (Å²) in [6, 6.07) is 2.47. The summed E-state index contributed by atoms with van der Waals surface area (Å²) in [5.74, 6) is -0.806. The fourth-order valence-electron chi connectivity index (χ4n) is 1.63. The molecule has 0 aromatic heterocycles. The Labute approximate surface area is 125 Å². The number of benzene rings is 1. The molecule has 0 spiro atoms. The number of aliphatic carboxylic acids is 1. The second kappa shape index (κ2) is 7.91. The van der Waals surface area contributed by atoms with Crippen LogP contribution in [0.15, 0.2) is 12.1 Å². The second-order valence-corrected chi connectivity index (χ2v) is 4.99. The van der Waals surface area contributed by atoms with E-state index in [2.05, 4.69) is 5.32 Å². The van der Waals surface area contributed by atoms with E-state index in [0.717, 1.165) is 12.8 Å². The van der Waals surface area contributed by atoms with Gasteiger partial charge < -0.3 is 10.4 Å². The number of nitro groups is 1. The van der Waals surface area contributed by atoms with E-state index in [-0.39, 0.29) is 22.2 Å². The summed E-state index contributed by atoms with van der Waals surface area (Å²) in [4.78, 5) is 20.4. The van der Waals surface area contributed by atoms with Crippen molar-refractivity contribution in [2.75, 3.05) is 11.9 Å². The van der Waals surface area contributed by atoms with E-state index in [1.165, 1.54) is 12.1 Å². The molecule has 110 valence electrons. The van der Waals surface area contributed by atoms with Crippen LogP contribution in [0.2, 0.25) is 10.0 Å². The van der Waals surface area contributed by atoms with Gasteiger partial charge in [-0.05, 0) is 12.8 Å². The number of carboxylic acids is 1. The average molecular weight is 321 g/mol. The summed E-state index contributed by atoms with van der Waals surface area (Å²) in [6.07, 6.45) is 2.29. The van der Waals surface area contributed by atoms with E-state index in [4.69, 9.17) is 28.3 Å². The van der Waals surface area contributed by atoms with Crippen LogP contribution in [-0.2, 0) is 4.79 Å². The van der Waals surface area contributed by atoms with Crippen molar-refractivity contribution in [2.24, 2.45) is 0 Å². The third-order valence-electron chi connectivity index (χ3n) is 2.61. The molecule has 0 atom stereocenters. The Kier molecular flexibility index (Phi) is 6.54. The third-order valence-corrected chi connectivity index (χ3v) is 3.20. The van der Waals surface area contributed by atoms with Crippen molar-refractivity contribution in [1.82, 2.24) is 0 Å². The van der Waals surface area contributed by atoms with Crippen LogP contribution in [0.4, 0.5) is 11.4 Å². The van der Waals surface area contributed by atoms with Gasteiger partial charge in [0, 0.05) is 25.1 Å². The van der Waals surface area contributed by atoms with Crippen LogP contribution in [0.25, 0.3) is 0 Å². The average Bonchev–Trinajstić information content (AvgIpc) is 2.35. The highest BCUT2D eigenvalue weighted by Gasteiger charge is 2.14. The Bertz CT molecular complexity index is 485. The zero-order valence-electron chi connectivity index (χ0n) is 10.6. The lowest BCUT2D eigenvalue weighted by molar-refractivity contribution is -0.384. The molecule has 0 aliphatic heterocycles. The van der Waals surface area contributed by atoms with E-state index >= 15 is 0 Å². The van der Waals surface area contributed by atoms with Crippen LogP contribution in [-0.4, -0.2) is 22.5 Å². The van der Waals surface area contributed by atoms with Crippen LogP contribution >= 0.6 is 23.2 Å². The fraction of sp³-hybridized carbons (Fsp3) is 0.417. The SMILES string of the molecule is O=C(O)CCCCCNc1c(Cl)cc([N+](=O)[O-])cc1Cl. The van der Waals surface area contributed by atoms with Crippen LogP contribution in [0.1, 0.15) is 25.7 Å². The second-order valence-electron chi connectivity index (χ2n) is 4.17. The molecule has 0 radical (unpaired) electrons. The summed E-state index contributed by atoms with van der Waals surface area (Å²) in [6.45, 7) is 0.566. The van der Waals surface area contributed by atoms with Gasteiger partial charge in [0.25, 0.3) is 5.69 Å². The number of hydrogen-bond acceptors (Lipinski definition) is 4. The zero-order chi connectivity index (χ0) is 15.1. The lowest BCUT2D eigenvalue weighted by Crippen LogP contribution is -2.04. The van der Waals surface area contributed by atoms with Crippen LogP contribution in [0.3, 0.4) is 0 Å². The Hall–Kier alpha value is -1.53. The van der Waals surface area contributed by atoms with Crippen molar-refractivity contribution in [2.45, 2.75) is 25.7 Å². The van der Waals surface area contributed by atoms with Crippen LogP contribution in [0.5, 0.6) is 0 Å². The van der Waals surface area contributed by atoms with Crippen LogP contribution in [0, 0.1) is 10.1 Å². The standard InChI is InChI=1S/C12H14Cl2N2O4/c13-9-6-8(16(19)20)7-10(14)12(9)15-5-3-1-2-4-11(17)18/h6-7,15H,1-5H2,(H,17,18). The molecule has 0 aliphatic rings. The summed E-state index contributed by atoms with van der Waals surface area (Å²) in [5, 5.41) is 22.5. The minimum Gasteiger partial charge on any atom is -0.481 e. The largest absolute Gasteiger partial charge is 0.481 e. The first-order valence-corrected chi connectivity index (χ1v) is 6.76. The molecule has 0 saturated heterocycles. The van der Waals surface area contributed by atoms with Gasteiger partial charge >= 0.3 is 5.97 Å². The molecule has 0 fully saturated rings. The van der Waals surface area contributed by atoms with E-state index < -0.39 is 10.9 Å². The van der Waals surface area contributed by atoms with Gasteiger partial charge in [0.1, 0.15) is 0 Å². The first-order valence-electron chi connectivity index (χ1n) is 6.01. The van der Waals surface area contributed by atoms with Crippen molar-refractivity contribution in [1.29, 1.82) is 0 Å². The van der Waals surface area contributed by atoms with Crippen molar-refractivity contribution in [3.63, 3.8) is 0 Å². The summed E-state index contributed by atoms with van der Waals surface area (Å²) < 4.78 is 0. The normalized spacial score (nSPS) is 10.3. The Morgan fingerprint density at radius 1 is 1.25 bits per heavy atom. The number of nitrogens with one attached hydrogen (secondary N) is 1. The number of hydrogen-bond donors (Lipinski definition) is 2. The maximum Gasteiger partial charge on any atom is 0.303 e. The Balaban J connectivity index is 2.48. The molecule has 0 unspecified atom stereocenters. The number of non-ortho nitro benzene ring substituents is 1. The van der Waals surface area contributed by atoms with Gasteiger partial charge in [-0.15, -0.1) is 0 Å². The minimum atomic E-state index is -0.806. The van der Waals surface area contributed by atoms with Crippen molar-refractivity contribution >= 4 is 40.5 Å². The molecule has 0 amide bonds. The number of carbonyl (C=O) groups is 1. The molecular formula is C12H14Cl2N2O4. The highest BCUT2D eigenvalue weighted by atomic mass is 35.5. The topological polar surface area (TPSA) is 92.5 Å². The number of unbranched alkanes of at least 4 members (excludes halogenated alkanes) is 2. The summed E-state index contributed by atoms with van der Waals surface area (Å²) >= 11 is 11.9.